The van der Waals surface area contributed by atoms with Gasteiger partial charge in [0, 0.05) is 15.6 Å². The van der Waals surface area contributed by atoms with Gasteiger partial charge in [-0.25, -0.2) is 5.43 Å². The quantitative estimate of drug-likeness (QED) is 0.614. The average molecular weight is 325 g/mol. The van der Waals surface area contributed by atoms with E-state index in [0.717, 1.165) is 23.3 Å². The smallest absolute Gasteiger partial charge is 0.124 e. The van der Waals surface area contributed by atoms with E-state index in [9.17, 15) is 0 Å². The molecule has 3 N–H and O–H groups in total. The number of ether oxygens (including phenoxy) is 1. The third-order valence-corrected chi connectivity index (χ3v) is 3.51. The van der Waals surface area contributed by atoms with Gasteiger partial charge in [0.2, 0.25) is 0 Å². The van der Waals surface area contributed by atoms with Gasteiger partial charge in [-0.1, -0.05) is 48.3 Å². The molecule has 0 saturated heterocycles. The van der Waals surface area contributed by atoms with Gasteiger partial charge in [0.05, 0.1) is 12.6 Å². The van der Waals surface area contributed by atoms with E-state index in [4.69, 9.17) is 33.8 Å². The molecule has 0 amide bonds. The molecule has 1 atom stereocenters. The SMILES string of the molecule is CCCOc1ccccc1C(NN)c1cc(Cl)cc(Cl)c1. The molecular formula is C16H18Cl2N2O. The number of nitrogens with one attached hydrogen (secondary N) is 1. The fraction of sp³-hybridized carbons (Fsp3) is 0.250. The highest BCUT2D eigenvalue weighted by Crippen LogP contribution is 2.32. The highest BCUT2D eigenvalue weighted by atomic mass is 35.5. The minimum Gasteiger partial charge on any atom is -0.493 e. The molecule has 21 heavy (non-hydrogen) atoms. The van der Waals surface area contributed by atoms with Crippen molar-refractivity contribution in [1.82, 2.24) is 5.43 Å². The van der Waals surface area contributed by atoms with Crippen LogP contribution >= 0.6 is 23.2 Å². The van der Waals surface area contributed by atoms with Gasteiger partial charge in [0.25, 0.3) is 0 Å². The van der Waals surface area contributed by atoms with Gasteiger partial charge < -0.3 is 4.74 Å². The number of hydrogen-bond donors (Lipinski definition) is 2. The lowest BCUT2D eigenvalue weighted by molar-refractivity contribution is 0.311. The Morgan fingerprint density at radius 3 is 2.43 bits per heavy atom. The molecule has 112 valence electrons. The van der Waals surface area contributed by atoms with Crippen molar-refractivity contribution in [2.45, 2.75) is 19.4 Å². The fourth-order valence-electron chi connectivity index (χ4n) is 2.17. The Morgan fingerprint density at radius 1 is 1.14 bits per heavy atom. The number of halogens is 2. The van der Waals surface area contributed by atoms with Gasteiger partial charge in [-0.3, -0.25) is 5.84 Å². The Kier molecular flexibility index (Phi) is 5.88. The molecule has 0 spiro atoms. The lowest BCUT2D eigenvalue weighted by Gasteiger charge is -2.20. The maximum Gasteiger partial charge on any atom is 0.124 e. The van der Waals surface area contributed by atoms with E-state index in [1.807, 2.05) is 36.4 Å². The lowest BCUT2D eigenvalue weighted by Crippen LogP contribution is -2.29. The van der Waals surface area contributed by atoms with E-state index in [1.165, 1.54) is 0 Å². The summed E-state index contributed by atoms with van der Waals surface area (Å²) in [6.07, 6.45) is 0.943. The Labute approximate surface area is 135 Å². The molecule has 5 heteroatoms. The summed E-state index contributed by atoms with van der Waals surface area (Å²) in [5.74, 6) is 6.55. The van der Waals surface area contributed by atoms with E-state index < -0.39 is 0 Å². The molecule has 3 nitrogen and oxygen atoms in total. The van der Waals surface area contributed by atoms with Crippen LogP contribution in [-0.2, 0) is 0 Å². The van der Waals surface area contributed by atoms with Crippen LogP contribution in [0.1, 0.15) is 30.5 Å². The van der Waals surface area contributed by atoms with E-state index in [2.05, 4.69) is 12.3 Å². The van der Waals surface area contributed by atoms with Crippen LogP contribution in [0.3, 0.4) is 0 Å². The van der Waals surface area contributed by atoms with Crippen LogP contribution in [0.5, 0.6) is 5.75 Å². The number of rotatable bonds is 6. The van der Waals surface area contributed by atoms with Crippen molar-refractivity contribution in [3.63, 3.8) is 0 Å². The first-order valence-corrected chi connectivity index (χ1v) is 7.55. The number of hydrazine groups is 1. The topological polar surface area (TPSA) is 47.3 Å². The Balaban J connectivity index is 2.41. The maximum atomic E-state index is 6.08. The van der Waals surface area contributed by atoms with Crippen LogP contribution in [-0.4, -0.2) is 6.61 Å². The van der Waals surface area contributed by atoms with Gasteiger partial charge in [0.1, 0.15) is 5.75 Å². The zero-order valence-corrected chi connectivity index (χ0v) is 13.3. The average Bonchev–Trinajstić information content (AvgIpc) is 2.46. The molecule has 0 aliphatic heterocycles. The predicted molar refractivity (Wildman–Crippen MR) is 87.9 cm³/mol. The van der Waals surface area contributed by atoms with Crippen LogP contribution in [0.25, 0.3) is 0 Å². The Bertz CT molecular complexity index is 584. The second-order valence-electron chi connectivity index (χ2n) is 4.69. The number of benzene rings is 2. The first-order chi connectivity index (χ1) is 10.2. The Morgan fingerprint density at radius 2 is 1.81 bits per heavy atom. The van der Waals surface area contributed by atoms with Gasteiger partial charge >= 0.3 is 0 Å². The fourth-order valence-corrected chi connectivity index (χ4v) is 2.71. The summed E-state index contributed by atoms with van der Waals surface area (Å²) in [4.78, 5) is 0. The predicted octanol–water partition coefficient (Wildman–Crippen LogP) is 4.33. The van der Waals surface area contributed by atoms with Crippen molar-refractivity contribution in [3.8, 4) is 5.75 Å². The molecule has 0 fully saturated rings. The van der Waals surface area contributed by atoms with Crippen molar-refractivity contribution in [3.05, 3.63) is 63.6 Å². The van der Waals surface area contributed by atoms with E-state index in [1.54, 1.807) is 6.07 Å². The summed E-state index contributed by atoms with van der Waals surface area (Å²) >= 11 is 12.2. The molecule has 1 unspecified atom stereocenters. The minimum absolute atomic E-state index is 0.241. The molecule has 0 saturated carbocycles. The van der Waals surface area contributed by atoms with E-state index in [0.29, 0.717) is 16.7 Å². The van der Waals surface area contributed by atoms with Crippen molar-refractivity contribution in [2.24, 2.45) is 5.84 Å². The lowest BCUT2D eigenvalue weighted by atomic mass is 9.98. The number of para-hydroxylation sites is 1. The maximum absolute atomic E-state index is 6.08. The largest absolute Gasteiger partial charge is 0.493 e. The van der Waals surface area contributed by atoms with Gasteiger partial charge in [-0.15, -0.1) is 0 Å². The summed E-state index contributed by atoms with van der Waals surface area (Å²) in [7, 11) is 0. The standard InChI is InChI=1S/C16H18Cl2N2O/c1-2-7-21-15-6-4-3-5-14(15)16(20-19)11-8-12(17)10-13(18)9-11/h3-6,8-10,16,20H,2,7,19H2,1H3. The normalized spacial score (nSPS) is 12.2. The second kappa shape index (κ2) is 7.66. The zero-order valence-electron chi connectivity index (χ0n) is 11.8. The molecule has 2 rings (SSSR count). The van der Waals surface area contributed by atoms with E-state index in [-0.39, 0.29) is 6.04 Å². The number of hydrogen-bond acceptors (Lipinski definition) is 3. The van der Waals surface area contributed by atoms with Gasteiger partial charge in [0.15, 0.2) is 0 Å². The Hall–Kier alpha value is -1.26. The van der Waals surface area contributed by atoms with E-state index >= 15 is 0 Å². The molecule has 2 aromatic carbocycles. The summed E-state index contributed by atoms with van der Waals surface area (Å²) in [5, 5.41) is 1.15. The summed E-state index contributed by atoms with van der Waals surface area (Å²) < 4.78 is 5.79. The number of nitrogens with two attached hydrogens (primary N) is 1. The van der Waals surface area contributed by atoms with Gasteiger partial charge in [-0.2, -0.15) is 0 Å². The zero-order chi connectivity index (χ0) is 15.2. The first kappa shape index (κ1) is 16.1. The molecular weight excluding hydrogens is 307 g/mol. The van der Waals surface area contributed by atoms with Crippen LogP contribution in [0.2, 0.25) is 10.0 Å². The third-order valence-electron chi connectivity index (χ3n) is 3.08. The first-order valence-electron chi connectivity index (χ1n) is 6.79. The summed E-state index contributed by atoms with van der Waals surface area (Å²) in [6.45, 7) is 2.72. The molecule has 0 radical (unpaired) electrons. The summed E-state index contributed by atoms with van der Waals surface area (Å²) in [5.41, 5.74) is 4.65. The van der Waals surface area contributed by atoms with Crippen molar-refractivity contribution >= 4 is 23.2 Å². The second-order valence-corrected chi connectivity index (χ2v) is 5.56. The summed E-state index contributed by atoms with van der Waals surface area (Å²) in [6, 6.07) is 12.9. The van der Waals surface area contributed by atoms with Gasteiger partial charge in [-0.05, 0) is 36.2 Å². The molecule has 0 aliphatic carbocycles. The van der Waals surface area contributed by atoms with Crippen molar-refractivity contribution in [1.29, 1.82) is 0 Å². The van der Waals surface area contributed by atoms with Crippen LogP contribution in [0.4, 0.5) is 0 Å². The molecule has 0 aliphatic rings. The van der Waals surface area contributed by atoms with Crippen molar-refractivity contribution < 1.29 is 4.74 Å². The molecule has 0 aromatic heterocycles. The minimum atomic E-state index is -0.241. The highest BCUT2D eigenvalue weighted by molar-refractivity contribution is 6.34. The molecule has 0 bridgehead atoms. The highest BCUT2D eigenvalue weighted by Gasteiger charge is 2.17. The molecule has 0 heterocycles. The van der Waals surface area contributed by atoms with Crippen LogP contribution in [0, 0.1) is 0 Å². The van der Waals surface area contributed by atoms with Crippen LogP contribution in [0.15, 0.2) is 42.5 Å². The van der Waals surface area contributed by atoms with Crippen LogP contribution < -0.4 is 16.0 Å². The van der Waals surface area contributed by atoms with Crippen molar-refractivity contribution in [2.75, 3.05) is 6.61 Å². The monoisotopic (exact) mass is 324 g/mol. The molecule has 2 aromatic rings. The third kappa shape index (κ3) is 4.11.